The highest BCUT2D eigenvalue weighted by molar-refractivity contribution is 5.75. The summed E-state index contributed by atoms with van der Waals surface area (Å²) in [6.07, 6.45) is 5.28. The van der Waals surface area contributed by atoms with E-state index in [0.717, 1.165) is 25.7 Å². The number of aliphatic carboxylic acids is 1. The predicted octanol–water partition coefficient (Wildman–Crippen LogP) is 1.58. The maximum Gasteiger partial charge on any atom is 0.317 e. The molecule has 1 aliphatic rings. The van der Waals surface area contributed by atoms with Crippen LogP contribution in [-0.2, 0) is 4.79 Å². The van der Waals surface area contributed by atoms with Gasteiger partial charge in [-0.3, -0.25) is 4.79 Å². The lowest BCUT2D eigenvalue weighted by Crippen LogP contribution is -2.49. The highest BCUT2D eigenvalue weighted by Crippen LogP contribution is 2.16. The van der Waals surface area contributed by atoms with Crippen molar-refractivity contribution in [3.8, 4) is 0 Å². The molecule has 0 spiro atoms. The molecule has 0 aromatic rings. The average molecular weight is 286 g/mol. The Labute approximate surface area is 120 Å². The Morgan fingerprint density at radius 3 is 2.75 bits per heavy atom. The fourth-order valence-electron chi connectivity index (χ4n) is 2.56. The van der Waals surface area contributed by atoms with Gasteiger partial charge in [-0.1, -0.05) is 12.8 Å². The highest BCUT2D eigenvalue weighted by Gasteiger charge is 2.25. The zero-order valence-corrected chi connectivity index (χ0v) is 12.2. The number of carboxylic acids is 1. The van der Waals surface area contributed by atoms with Crippen LogP contribution < -0.4 is 5.32 Å². The molecule has 0 saturated carbocycles. The minimum atomic E-state index is -0.809. The number of rotatable bonds is 6. The van der Waals surface area contributed by atoms with E-state index < -0.39 is 5.97 Å². The Kier molecular flexibility index (Phi) is 7.36. The Morgan fingerprint density at radius 1 is 1.35 bits per heavy atom. The third kappa shape index (κ3) is 5.77. The van der Waals surface area contributed by atoms with E-state index in [2.05, 4.69) is 5.32 Å². The minimum Gasteiger partial charge on any atom is -0.481 e. The van der Waals surface area contributed by atoms with Crippen molar-refractivity contribution in [3.63, 3.8) is 0 Å². The Bertz CT molecular complexity index is 322. The minimum absolute atomic E-state index is 0.000809. The van der Waals surface area contributed by atoms with E-state index in [1.807, 2.05) is 6.92 Å². The van der Waals surface area contributed by atoms with E-state index in [0.29, 0.717) is 19.4 Å². The lowest BCUT2D eigenvalue weighted by atomic mass is 10.1. The average Bonchev–Trinajstić information content (AvgIpc) is 2.62. The third-order valence-electron chi connectivity index (χ3n) is 3.75. The molecular weight excluding hydrogens is 260 g/mol. The maximum atomic E-state index is 12.2. The van der Waals surface area contributed by atoms with E-state index >= 15 is 0 Å². The highest BCUT2D eigenvalue weighted by atomic mass is 16.4. The molecule has 1 rings (SSSR count). The van der Waals surface area contributed by atoms with Crippen LogP contribution in [0.3, 0.4) is 0 Å². The lowest BCUT2D eigenvalue weighted by Gasteiger charge is -2.30. The number of nitrogens with zero attached hydrogens (tertiary/aromatic N) is 1. The number of hydrogen-bond donors (Lipinski definition) is 3. The van der Waals surface area contributed by atoms with Gasteiger partial charge in [-0.05, 0) is 32.6 Å². The van der Waals surface area contributed by atoms with Gasteiger partial charge in [-0.25, -0.2) is 4.79 Å². The van der Waals surface area contributed by atoms with Crippen LogP contribution in [0, 0.1) is 0 Å². The van der Waals surface area contributed by atoms with Crippen LogP contribution in [0.15, 0.2) is 0 Å². The molecule has 2 unspecified atom stereocenters. The van der Waals surface area contributed by atoms with E-state index in [1.165, 1.54) is 0 Å². The monoisotopic (exact) mass is 286 g/mol. The van der Waals surface area contributed by atoms with Gasteiger partial charge in [0, 0.05) is 19.0 Å². The van der Waals surface area contributed by atoms with Crippen molar-refractivity contribution in [2.75, 3.05) is 13.2 Å². The van der Waals surface area contributed by atoms with Crippen molar-refractivity contribution in [2.24, 2.45) is 0 Å². The number of carbonyl (C=O) groups excluding carboxylic acids is 1. The maximum absolute atomic E-state index is 12.2. The first kappa shape index (κ1) is 16.8. The quantitative estimate of drug-likeness (QED) is 0.691. The predicted molar refractivity (Wildman–Crippen MR) is 75.5 cm³/mol. The number of aliphatic hydroxyl groups is 1. The molecule has 1 aliphatic heterocycles. The summed E-state index contributed by atoms with van der Waals surface area (Å²) < 4.78 is 0. The molecule has 0 aromatic carbocycles. The number of carboxylic acid groups (broad SMARTS) is 1. The normalized spacial score (nSPS) is 21.1. The summed E-state index contributed by atoms with van der Waals surface area (Å²) in [4.78, 5) is 24.4. The van der Waals surface area contributed by atoms with Crippen LogP contribution in [-0.4, -0.2) is 52.3 Å². The number of carbonyl (C=O) groups is 2. The molecule has 2 amide bonds. The second-order valence-electron chi connectivity index (χ2n) is 5.52. The molecule has 1 heterocycles. The van der Waals surface area contributed by atoms with Crippen molar-refractivity contribution in [1.82, 2.24) is 10.2 Å². The van der Waals surface area contributed by atoms with E-state index in [1.54, 1.807) is 4.90 Å². The van der Waals surface area contributed by atoms with Crippen molar-refractivity contribution in [2.45, 2.75) is 64.0 Å². The summed E-state index contributed by atoms with van der Waals surface area (Å²) in [5.41, 5.74) is 0. The fourth-order valence-corrected chi connectivity index (χ4v) is 2.56. The second kappa shape index (κ2) is 8.79. The van der Waals surface area contributed by atoms with Gasteiger partial charge in [0.05, 0.1) is 12.6 Å². The molecule has 0 bridgehead atoms. The van der Waals surface area contributed by atoms with Crippen LogP contribution in [0.4, 0.5) is 4.79 Å². The summed E-state index contributed by atoms with van der Waals surface area (Å²) in [5, 5.41) is 20.9. The molecule has 0 radical (unpaired) electrons. The van der Waals surface area contributed by atoms with Gasteiger partial charge in [-0.2, -0.15) is 0 Å². The topological polar surface area (TPSA) is 89.9 Å². The molecule has 1 fully saturated rings. The molecule has 0 aromatic heterocycles. The van der Waals surface area contributed by atoms with E-state index in [-0.39, 0.29) is 31.1 Å². The van der Waals surface area contributed by atoms with Gasteiger partial charge in [0.1, 0.15) is 0 Å². The Balaban J connectivity index is 2.40. The largest absolute Gasteiger partial charge is 0.481 e. The zero-order chi connectivity index (χ0) is 15.0. The first-order valence-electron chi connectivity index (χ1n) is 7.44. The van der Waals surface area contributed by atoms with Crippen molar-refractivity contribution in [3.05, 3.63) is 0 Å². The summed E-state index contributed by atoms with van der Waals surface area (Å²) in [6.45, 7) is 2.56. The number of hydrogen-bond acceptors (Lipinski definition) is 3. The Morgan fingerprint density at radius 2 is 2.10 bits per heavy atom. The first-order valence-corrected chi connectivity index (χ1v) is 7.44. The molecule has 0 aliphatic carbocycles. The van der Waals surface area contributed by atoms with Crippen molar-refractivity contribution < 1.29 is 19.8 Å². The standard InChI is InChI=1S/C14H26N2O4/c1-11(6-5-8-13(18)19)15-14(20)16-9-4-2-3-7-12(16)10-17/h11-12,17H,2-10H2,1H3,(H,15,20)(H,18,19). The Hall–Kier alpha value is -1.30. The molecule has 6 heteroatoms. The van der Waals surface area contributed by atoms with Gasteiger partial charge < -0.3 is 20.4 Å². The van der Waals surface area contributed by atoms with Gasteiger partial charge in [0.15, 0.2) is 0 Å². The third-order valence-corrected chi connectivity index (χ3v) is 3.75. The molecule has 3 N–H and O–H groups in total. The van der Waals surface area contributed by atoms with Crippen LogP contribution in [0.5, 0.6) is 0 Å². The molecule has 116 valence electrons. The fraction of sp³-hybridized carbons (Fsp3) is 0.857. The second-order valence-corrected chi connectivity index (χ2v) is 5.52. The van der Waals surface area contributed by atoms with Gasteiger partial charge >= 0.3 is 12.0 Å². The number of likely N-dealkylation sites (tertiary alicyclic amines) is 1. The number of nitrogens with one attached hydrogen (secondary N) is 1. The summed E-state index contributed by atoms with van der Waals surface area (Å²) >= 11 is 0. The molecular formula is C14H26N2O4. The zero-order valence-electron chi connectivity index (χ0n) is 12.2. The summed E-state index contributed by atoms with van der Waals surface area (Å²) in [7, 11) is 0. The SMILES string of the molecule is CC(CCCC(=O)O)NC(=O)N1CCCCCC1CO. The van der Waals surface area contributed by atoms with Crippen LogP contribution >= 0.6 is 0 Å². The molecule has 6 nitrogen and oxygen atoms in total. The van der Waals surface area contributed by atoms with E-state index in [4.69, 9.17) is 5.11 Å². The molecule has 2 atom stereocenters. The van der Waals surface area contributed by atoms with Gasteiger partial charge in [-0.15, -0.1) is 0 Å². The van der Waals surface area contributed by atoms with Gasteiger partial charge in [0.25, 0.3) is 0 Å². The summed E-state index contributed by atoms with van der Waals surface area (Å²) in [5.74, 6) is -0.809. The van der Waals surface area contributed by atoms with E-state index in [9.17, 15) is 14.7 Å². The van der Waals surface area contributed by atoms with Crippen LogP contribution in [0.25, 0.3) is 0 Å². The first-order chi connectivity index (χ1) is 9.54. The number of amides is 2. The number of urea groups is 1. The smallest absolute Gasteiger partial charge is 0.317 e. The number of aliphatic hydroxyl groups excluding tert-OH is 1. The molecule has 20 heavy (non-hydrogen) atoms. The lowest BCUT2D eigenvalue weighted by molar-refractivity contribution is -0.137. The van der Waals surface area contributed by atoms with Crippen LogP contribution in [0.1, 0.15) is 51.9 Å². The van der Waals surface area contributed by atoms with Crippen molar-refractivity contribution >= 4 is 12.0 Å². The van der Waals surface area contributed by atoms with Crippen molar-refractivity contribution in [1.29, 1.82) is 0 Å². The molecule has 1 saturated heterocycles. The van der Waals surface area contributed by atoms with Gasteiger partial charge in [0.2, 0.25) is 0 Å². The summed E-state index contributed by atoms with van der Waals surface area (Å²) in [6, 6.07) is -0.290. The van der Waals surface area contributed by atoms with Crippen LogP contribution in [0.2, 0.25) is 0 Å².